The Morgan fingerprint density at radius 1 is 1.25 bits per heavy atom. The summed E-state index contributed by atoms with van der Waals surface area (Å²) >= 11 is 1.49. The molecule has 5 N–H and O–H groups in total. The van der Waals surface area contributed by atoms with Gasteiger partial charge in [-0.3, -0.25) is 9.78 Å². The Balaban J connectivity index is 1.36. The molecule has 0 radical (unpaired) electrons. The number of nitrogens with two attached hydrogens (primary N) is 1. The van der Waals surface area contributed by atoms with Crippen molar-refractivity contribution in [3.8, 4) is 10.6 Å². The highest BCUT2D eigenvalue weighted by Gasteiger charge is 2.41. The van der Waals surface area contributed by atoms with Crippen molar-refractivity contribution >= 4 is 23.1 Å². The summed E-state index contributed by atoms with van der Waals surface area (Å²) in [6, 6.07) is 9.69. The van der Waals surface area contributed by atoms with Crippen LogP contribution in [0.3, 0.4) is 0 Å². The quantitative estimate of drug-likeness (QED) is 0.389. The van der Waals surface area contributed by atoms with E-state index in [1.807, 2.05) is 24.3 Å². The smallest absolute Gasteiger partial charge is 0.239 e. The van der Waals surface area contributed by atoms with Crippen LogP contribution in [0.4, 0.5) is 10.2 Å². The normalized spacial score (nSPS) is 15.6. The van der Waals surface area contributed by atoms with Crippen LogP contribution in [-0.2, 0) is 16.8 Å². The lowest BCUT2D eigenvalue weighted by Crippen LogP contribution is -2.42. The summed E-state index contributed by atoms with van der Waals surface area (Å²) in [5, 5.41) is 23.5. The van der Waals surface area contributed by atoms with Crippen molar-refractivity contribution in [2.24, 2.45) is 5.73 Å². The van der Waals surface area contributed by atoms with E-state index in [4.69, 9.17) is 10.8 Å². The standard InChI is InChI=1S/C22H25FN6O2S/c23-15-3-1-10-25-20(15)22(8-2-9-22)13-27-19-7-5-17(28-29-19)18-6-4-14(32-18)11-26-21(31)16(24)12-30/h1,3-7,10,16,30H,2,8-9,11-13,24H2,(H,26,31)(H,27,29)/t16-/m0/s1. The van der Waals surface area contributed by atoms with Gasteiger partial charge in [0.15, 0.2) is 0 Å². The van der Waals surface area contributed by atoms with Crippen LogP contribution in [0.5, 0.6) is 0 Å². The number of aliphatic hydroxyl groups excluding tert-OH is 1. The van der Waals surface area contributed by atoms with Gasteiger partial charge in [0.25, 0.3) is 0 Å². The van der Waals surface area contributed by atoms with Gasteiger partial charge < -0.3 is 21.5 Å². The first kappa shape index (κ1) is 22.3. The van der Waals surface area contributed by atoms with E-state index in [1.165, 1.54) is 17.4 Å². The number of halogens is 1. The molecule has 1 saturated carbocycles. The Bertz CT molecular complexity index is 1070. The Labute approximate surface area is 189 Å². The topological polar surface area (TPSA) is 126 Å². The fraction of sp³-hybridized carbons (Fsp3) is 0.364. The number of carbonyl (C=O) groups excluding carboxylic acids is 1. The minimum absolute atomic E-state index is 0.265. The Morgan fingerprint density at radius 2 is 2.09 bits per heavy atom. The van der Waals surface area contributed by atoms with Gasteiger partial charge in [0.05, 0.1) is 23.7 Å². The average Bonchev–Trinajstić information content (AvgIpc) is 3.26. The van der Waals surface area contributed by atoms with E-state index in [2.05, 4.69) is 25.8 Å². The zero-order valence-corrected chi connectivity index (χ0v) is 18.2. The summed E-state index contributed by atoms with van der Waals surface area (Å²) in [6.45, 7) is 0.486. The number of nitrogens with zero attached hydrogens (tertiary/aromatic N) is 3. The van der Waals surface area contributed by atoms with Gasteiger partial charge in [-0.1, -0.05) is 6.42 Å². The lowest BCUT2D eigenvalue weighted by Gasteiger charge is -2.41. The number of rotatable bonds is 9. The number of amides is 1. The molecule has 8 nitrogen and oxygen atoms in total. The molecule has 0 aromatic carbocycles. The van der Waals surface area contributed by atoms with Crippen molar-refractivity contribution in [3.05, 3.63) is 59.0 Å². The molecule has 3 aromatic heterocycles. The maximum absolute atomic E-state index is 14.3. The van der Waals surface area contributed by atoms with Crippen LogP contribution in [0.1, 0.15) is 29.8 Å². The van der Waals surface area contributed by atoms with Gasteiger partial charge in [0, 0.05) is 23.0 Å². The Morgan fingerprint density at radius 3 is 2.75 bits per heavy atom. The first-order chi connectivity index (χ1) is 15.5. The zero-order chi connectivity index (χ0) is 22.6. The summed E-state index contributed by atoms with van der Waals surface area (Å²) in [5.41, 5.74) is 6.42. The Hall–Kier alpha value is -2.95. The largest absolute Gasteiger partial charge is 0.394 e. The van der Waals surface area contributed by atoms with E-state index >= 15 is 0 Å². The number of carbonyl (C=O) groups is 1. The first-order valence-corrected chi connectivity index (χ1v) is 11.2. The molecular weight excluding hydrogens is 431 g/mol. The van der Waals surface area contributed by atoms with E-state index in [9.17, 15) is 9.18 Å². The molecule has 0 unspecified atom stereocenters. The molecule has 3 heterocycles. The lowest BCUT2D eigenvalue weighted by atomic mass is 9.66. The predicted octanol–water partition coefficient (Wildman–Crippen LogP) is 2.21. The maximum Gasteiger partial charge on any atom is 0.239 e. The highest BCUT2D eigenvalue weighted by Crippen LogP contribution is 2.43. The van der Waals surface area contributed by atoms with Crippen molar-refractivity contribution in [1.82, 2.24) is 20.5 Å². The SMILES string of the molecule is N[C@@H](CO)C(=O)NCc1ccc(-c2ccc(NCC3(c4ncccc4F)CCC3)nn2)s1. The third-order valence-electron chi connectivity index (χ3n) is 5.73. The second kappa shape index (κ2) is 9.68. The molecular formula is C22H25FN6O2S. The molecule has 168 valence electrons. The number of hydrogen-bond donors (Lipinski definition) is 4. The maximum atomic E-state index is 14.3. The Kier molecular flexibility index (Phi) is 6.73. The first-order valence-electron chi connectivity index (χ1n) is 10.4. The molecule has 10 heteroatoms. The van der Waals surface area contributed by atoms with Crippen molar-refractivity contribution in [3.63, 3.8) is 0 Å². The predicted molar refractivity (Wildman–Crippen MR) is 120 cm³/mol. The van der Waals surface area contributed by atoms with Crippen molar-refractivity contribution in [2.75, 3.05) is 18.5 Å². The number of aromatic nitrogens is 3. The van der Waals surface area contributed by atoms with Crippen LogP contribution in [0.15, 0.2) is 42.6 Å². The van der Waals surface area contributed by atoms with Crippen LogP contribution >= 0.6 is 11.3 Å². The van der Waals surface area contributed by atoms with E-state index in [0.717, 1.165) is 34.7 Å². The molecule has 0 spiro atoms. The third-order valence-corrected chi connectivity index (χ3v) is 6.84. The second-order valence-corrected chi connectivity index (χ2v) is 9.07. The summed E-state index contributed by atoms with van der Waals surface area (Å²) in [7, 11) is 0. The van der Waals surface area contributed by atoms with Gasteiger partial charge in [-0.25, -0.2) is 4.39 Å². The summed E-state index contributed by atoms with van der Waals surface area (Å²) in [6.07, 6.45) is 4.46. The summed E-state index contributed by atoms with van der Waals surface area (Å²) < 4.78 is 14.3. The fourth-order valence-corrected chi connectivity index (χ4v) is 4.61. The number of anilines is 1. The van der Waals surface area contributed by atoms with Crippen LogP contribution in [0, 0.1) is 5.82 Å². The van der Waals surface area contributed by atoms with E-state index in [1.54, 1.807) is 12.3 Å². The van der Waals surface area contributed by atoms with Gasteiger partial charge in [-0.2, -0.15) is 0 Å². The third kappa shape index (κ3) is 4.77. The average molecular weight is 457 g/mol. The van der Waals surface area contributed by atoms with Crippen molar-refractivity contribution in [1.29, 1.82) is 0 Å². The molecule has 1 amide bonds. The van der Waals surface area contributed by atoms with Gasteiger partial charge in [-0.05, 0) is 49.2 Å². The van der Waals surface area contributed by atoms with Gasteiger partial charge >= 0.3 is 0 Å². The van der Waals surface area contributed by atoms with Crippen LogP contribution < -0.4 is 16.4 Å². The number of thiophene rings is 1. The number of hydrogen-bond acceptors (Lipinski definition) is 8. The molecule has 32 heavy (non-hydrogen) atoms. The highest BCUT2D eigenvalue weighted by atomic mass is 32.1. The van der Waals surface area contributed by atoms with Crippen molar-refractivity contribution in [2.45, 2.75) is 37.3 Å². The van der Waals surface area contributed by atoms with Crippen molar-refractivity contribution < 1.29 is 14.3 Å². The van der Waals surface area contributed by atoms with E-state index in [0.29, 0.717) is 24.6 Å². The summed E-state index contributed by atoms with van der Waals surface area (Å²) in [4.78, 5) is 17.8. The summed E-state index contributed by atoms with van der Waals surface area (Å²) in [5.74, 6) is -0.0376. The van der Waals surface area contributed by atoms with Gasteiger partial charge in [-0.15, -0.1) is 21.5 Å². The minimum Gasteiger partial charge on any atom is -0.394 e. The van der Waals surface area contributed by atoms with Crippen LogP contribution in [0.2, 0.25) is 0 Å². The van der Waals surface area contributed by atoms with Gasteiger partial charge in [0.2, 0.25) is 5.91 Å². The number of nitrogens with one attached hydrogen (secondary N) is 2. The molecule has 4 rings (SSSR count). The fourth-order valence-electron chi connectivity index (χ4n) is 3.69. The molecule has 0 bridgehead atoms. The lowest BCUT2D eigenvalue weighted by molar-refractivity contribution is -0.123. The molecule has 1 aliphatic rings. The zero-order valence-electron chi connectivity index (χ0n) is 17.4. The highest BCUT2D eigenvalue weighted by molar-refractivity contribution is 7.15. The van der Waals surface area contributed by atoms with Crippen LogP contribution in [0.25, 0.3) is 10.6 Å². The molecule has 3 aromatic rings. The van der Waals surface area contributed by atoms with Crippen LogP contribution in [-0.4, -0.2) is 45.4 Å². The minimum atomic E-state index is -0.923. The van der Waals surface area contributed by atoms with E-state index < -0.39 is 18.6 Å². The molecule has 0 aliphatic heterocycles. The monoisotopic (exact) mass is 456 g/mol. The molecule has 0 saturated heterocycles. The molecule has 1 aliphatic carbocycles. The number of pyridine rings is 1. The second-order valence-electron chi connectivity index (χ2n) is 7.90. The van der Waals surface area contributed by atoms with Gasteiger partial charge in [0.1, 0.15) is 23.4 Å². The number of aliphatic hydroxyl groups is 1. The van der Waals surface area contributed by atoms with E-state index in [-0.39, 0.29) is 11.2 Å². The molecule has 1 fully saturated rings. The molecule has 1 atom stereocenters.